The van der Waals surface area contributed by atoms with E-state index >= 15 is 0 Å². The van der Waals surface area contributed by atoms with Crippen molar-refractivity contribution in [2.45, 2.75) is 59.1 Å². The van der Waals surface area contributed by atoms with Crippen LogP contribution in [0, 0.1) is 49.6 Å². The first kappa shape index (κ1) is 43.6. The third kappa shape index (κ3) is 12.1. The van der Waals surface area contributed by atoms with Crippen LogP contribution >= 0.6 is 0 Å². The van der Waals surface area contributed by atoms with Crippen LogP contribution in [0.25, 0.3) is 22.3 Å². The first-order valence-electron chi connectivity index (χ1n) is 16.6. The van der Waals surface area contributed by atoms with Crippen LogP contribution in [0.3, 0.4) is 0 Å². The van der Waals surface area contributed by atoms with Gasteiger partial charge in [-0.15, -0.1) is 30.3 Å². The zero-order valence-corrected chi connectivity index (χ0v) is 31.1. The Balaban J connectivity index is 1.79. The SMILES string of the molecule is CCC(CC(=O)CC(NC(C)=O)C(=O)OCC(CO[N+](=O)[O-])(CO[N+](=O)[O-])CO[N+](=O)[O-])Oc1c(C)cc(-c2nc3cc(OC)cc(OC)c3c(=O)[nH]2)cc1C. The van der Waals surface area contributed by atoms with Gasteiger partial charge in [0.15, 0.2) is 0 Å². The fourth-order valence-corrected chi connectivity index (χ4v) is 5.48. The number of ketones is 1. The molecule has 0 bridgehead atoms. The zero-order chi connectivity index (χ0) is 41.7. The second-order valence-electron chi connectivity index (χ2n) is 12.5. The molecule has 2 unspecified atom stereocenters. The molecule has 0 saturated carbocycles. The molecule has 23 heteroatoms. The Morgan fingerprint density at radius 3 is 1.93 bits per heavy atom. The molecule has 2 aromatic carbocycles. The van der Waals surface area contributed by atoms with Crippen LogP contribution in [0.1, 0.15) is 44.2 Å². The lowest BCUT2D eigenvalue weighted by molar-refractivity contribution is -0.782. The summed E-state index contributed by atoms with van der Waals surface area (Å²) in [4.78, 5) is 104. The number of nitrogens with one attached hydrogen (secondary N) is 2. The molecule has 2 atom stereocenters. The maximum atomic E-state index is 13.3. The molecule has 1 heterocycles. The average Bonchev–Trinajstić information content (AvgIpc) is 3.13. The van der Waals surface area contributed by atoms with Gasteiger partial charge in [-0.1, -0.05) is 6.92 Å². The Kier molecular flexibility index (Phi) is 15.2. The van der Waals surface area contributed by atoms with E-state index in [9.17, 15) is 49.5 Å². The number of benzene rings is 2. The Morgan fingerprint density at radius 1 is 0.875 bits per heavy atom. The minimum Gasteiger partial charge on any atom is -0.497 e. The van der Waals surface area contributed by atoms with E-state index in [4.69, 9.17) is 18.9 Å². The standard InChI is InChI=1S/C33H40N6O17/c1-7-23(56-29-18(2)8-21(9-19(29)3)30-35-25-12-24(50-5)13-27(51-6)28(25)31(42)36-30)10-22(41)11-26(34-20(4)40)32(43)52-14-33(15-53-37(44)45,16-54-38(46)47)17-55-39(48)49/h8-9,12-13,23,26H,7,10-11,14-17H2,1-6H3,(H,34,40)(H,35,36,42). The molecule has 304 valence electrons. The van der Waals surface area contributed by atoms with Crippen molar-refractivity contribution >= 4 is 28.6 Å². The third-order valence-electron chi connectivity index (χ3n) is 8.17. The highest BCUT2D eigenvalue weighted by Gasteiger charge is 2.38. The number of aryl methyl sites for hydroxylation is 2. The first-order chi connectivity index (χ1) is 26.4. The van der Waals surface area contributed by atoms with Crippen LogP contribution in [-0.2, 0) is 33.6 Å². The second-order valence-corrected chi connectivity index (χ2v) is 12.5. The van der Waals surface area contributed by atoms with Gasteiger partial charge in [-0.2, -0.15) is 0 Å². The van der Waals surface area contributed by atoms with Crippen molar-refractivity contribution in [1.29, 1.82) is 0 Å². The van der Waals surface area contributed by atoms with Crippen molar-refractivity contribution in [3.05, 3.63) is 76.1 Å². The van der Waals surface area contributed by atoms with E-state index in [1.54, 1.807) is 45.0 Å². The van der Waals surface area contributed by atoms with Crippen LogP contribution in [0.2, 0.25) is 0 Å². The predicted octanol–water partition coefficient (Wildman–Crippen LogP) is 2.39. The maximum Gasteiger partial charge on any atom is 0.329 e. The van der Waals surface area contributed by atoms with Gasteiger partial charge in [-0.3, -0.25) is 14.4 Å². The molecular weight excluding hydrogens is 752 g/mol. The van der Waals surface area contributed by atoms with Crippen LogP contribution in [0.4, 0.5) is 0 Å². The number of nitrogens with zero attached hydrogens (tertiary/aromatic N) is 4. The summed E-state index contributed by atoms with van der Waals surface area (Å²) in [7, 11) is 2.90. The summed E-state index contributed by atoms with van der Waals surface area (Å²) in [6, 6.07) is 5.05. The fourth-order valence-electron chi connectivity index (χ4n) is 5.48. The number of Topliss-reactive ketones (excluding diaryl/α,β-unsaturated/α-hetero) is 1. The van der Waals surface area contributed by atoms with E-state index in [2.05, 4.69) is 29.8 Å². The number of fused-ring (bicyclic) bond motifs is 1. The third-order valence-corrected chi connectivity index (χ3v) is 8.17. The summed E-state index contributed by atoms with van der Waals surface area (Å²) in [6.07, 6.45) is -1.24. The quantitative estimate of drug-likeness (QED) is 0.0791. The Labute approximate surface area is 316 Å². The largest absolute Gasteiger partial charge is 0.497 e. The lowest BCUT2D eigenvalue weighted by Gasteiger charge is -2.30. The second kappa shape index (κ2) is 19.5. The maximum absolute atomic E-state index is 13.3. The molecular formula is C33H40N6O17. The van der Waals surface area contributed by atoms with Crippen LogP contribution < -0.4 is 25.1 Å². The van der Waals surface area contributed by atoms with Crippen LogP contribution in [-0.4, -0.2) is 95.7 Å². The molecule has 1 aromatic heterocycles. The summed E-state index contributed by atoms with van der Waals surface area (Å²) in [5, 5.41) is 31.2. The Hall–Kier alpha value is -6.81. The summed E-state index contributed by atoms with van der Waals surface area (Å²) in [6.45, 7) is 2.01. The van der Waals surface area contributed by atoms with Crippen molar-refractivity contribution in [2.75, 3.05) is 40.6 Å². The lowest BCUT2D eigenvalue weighted by Crippen LogP contribution is -2.47. The van der Waals surface area contributed by atoms with E-state index in [1.165, 1.54) is 14.2 Å². The smallest absolute Gasteiger partial charge is 0.329 e. The van der Waals surface area contributed by atoms with Crippen LogP contribution in [0.5, 0.6) is 17.2 Å². The van der Waals surface area contributed by atoms with Crippen molar-refractivity contribution in [3.8, 4) is 28.6 Å². The number of rotatable bonds is 23. The topological polar surface area (TPSA) is 303 Å². The van der Waals surface area contributed by atoms with Gasteiger partial charge in [0.2, 0.25) is 5.91 Å². The number of H-pyrrole nitrogens is 1. The predicted molar refractivity (Wildman–Crippen MR) is 189 cm³/mol. The highest BCUT2D eigenvalue weighted by molar-refractivity contribution is 5.90. The van der Waals surface area contributed by atoms with Gasteiger partial charge in [0.1, 0.15) is 72.8 Å². The van der Waals surface area contributed by atoms with Crippen molar-refractivity contribution < 1.29 is 63.1 Å². The molecule has 0 saturated heterocycles. The molecule has 3 aromatic rings. The highest BCUT2D eigenvalue weighted by atomic mass is 17.0. The lowest BCUT2D eigenvalue weighted by atomic mass is 9.92. The molecule has 56 heavy (non-hydrogen) atoms. The highest BCUT2D eigenvalue weighted by Crippen LogP contribution is 2.33. The van der Waals surface area contributed by atoms with Crippen LogP contribution in [0.15, 0.2) is 29.1 Å². The molecule has 0 aliphatic carbocycles. The number of aromatic nitrogens is 2. The van der Waals surface area contributed by atoms with Gasteiger partial charge < -0.3 is 43.8 Å². The number of carbonyl (C=O) groups excluding carboxylic acids is 3. The van der Waals surface area contributed by atoms with Gasteiger partial charge in [-0.25, -0.2) is 9.78 Å². The summed E-state index contributed by atoms with van der Waals surface area (Å²) in [5.41, 5.74) is -0.385. The van der Waals surface area contributed by atoms with Crippen molar-refractivity contribution in [2.24, 2.45) is 5.41 Å². The number of methoxy groups -OCH3 is 2. The number of aromatic amines is 1. The minimum atomic E-state index is -2.15. The number of carbonyl (C=O) groups is 3. The van der Waals surface area contributed by atoms with E-state index in [-0.39, 0.29) is 17.6 Å². The Bertz CT molecular complexity index is 1950. The molecule has 0 radical (unpaired) electrons. The number of ether oxygens (including phenoxy) is 4. The number of amides is 1. The summed E-state index contributed by atoms with van der Waals surface area (Å²) < 4.78 is 22.0. The number of hydrogen-bond donors (Lipinski definition) is 2. The van der Waals surface area contributed by atoms with E-state index < -0.39 is 88.9 Å². The molecule has 0 aliphatic rings. The average molecular weight is 793 g/mol. The molecule has 0 spiro atoms. The van der Waals surface area contributed by atoms with Gasteiger partial charge in [0.25, 0.3) is 20.8 Å². The molecule has 0 fully saturated rings. The fraction of sp³-hybridized carbons (Fsp3) is 0.485. The van der Waals surface area contributed by atoms with Crippen molar-refractivity contribution in [1.82, 2.24) is 15.3 Å². The zero-order valence-electron chi connectivity index (χ0n) is 31.1. The number of esters is 1. The molecule has 2 N–H and O–H groups in total. The van der Waals surface area contributed by atoms with Gasteiger partial charge >= 0.3 is 5.97 Å². The minimum absolute atomic E-state index is 0.238. The first-order valence-corrected chi connectivity index (χ1v) is 16.6. The van der Waals surface area contributed by atoms with E-state index in [0.717, 1.165) is 6.92 Å². The molecule has 0 aliphatic heterocycles. The van der Waals surface area contributed by atoms with Crippen molar-refractivity contribution in [3.63, 3.8) is 0 Å². The van der Waals surface area contributed by atoms with E-state index in [0.29, 0.717) is 45.9 Å². The van der Waals surface area contributed by atoms with Gasteiger partial charge in [-0.05, 0) is 43.5 Å². The Morgan fingerprint density at radius 2 is 1.45 bits per heavy atom. The monoisotopic (exact) mass is 792 g/mol. The molecule has 23 nitrogen and oxygen atoms in total. The van der Waals surface area contributed by atoms with E-state index in [1.807, 2.05) is 0 Å². The van der Waals surface area contributed by atoms with Gasteiger partial charge in [0.05, 0.1) is 25.2 Å². The molecule has 3 rings (SSSR count). The molecule has 1 amide bonds. The summed E-state index contributed by atoms with van der Waals surface area (Å²) >= 11 is 0. The number of hydrogen-bond acceptors (Lipinski definition) is 18. The normalized spacial score (nSPS) is 12.1. The summed E-state index contributed by atoms with van der Waals surface area (Å²) in [5.74, 6) is -1.11. The van der Waals surface area contributed by atoms with Gasteiger partial charge in [0, 0.05) is 37.5 Å².